The van der Waals surface area contributed by atoms with E-state index in [1.165, 1.54) is 11.1 Å². The third-order valence-electron chi connectivity index (χ3n) is 2.33. The Balaban J connectivity index is 2.11. The van der Waals surface area contributed by atoms with Crippen molar-refractivity contribution in [2.24, 2.45) is 0 Å². The molecule has 0 radical (unpaired) electrons. The Kier molecular flexibility index (Phi) is 3.21. The Morgan fingerprint density at radius 3 is 3.00 bits per heavy atom. The molecule has 2 rings (SSSR count). The average molecular weight is 265 g/mol. The van der Waals surface area contributed by atoms with Crippen LogP contribution < -0.4 is 0 Å². The number of rotatable bonds is 3. The lowest BCUT2D eigenvalue weighted by molar-refractivity contribution is 0.875. The summed E-state index contributed by atoms with van der Waals surface area (Å²) in [5.74, 6) is 1.01. The molecular formula is C12H13BrN2. The van der Waals surface area contributed by atoms with Gasteiger partial charge in [-0.15, -0.1) is 0 Å². The van der Waals surface area contributed by atoms with Gasteiger partial charge >= 0.3 is 0 Å². The summed E-state index contributed by atoms with van der Waals surface area (Å²) in [5.41, 5.74) is 2.59. The lowest BCUT2D eigenvalue weighted by atomic mass is 10.1. The lowest BCUT2D eigenvalue weighted by Crippen LogP contribution is -1.97. The summed E-state index contributed by atoms with van der Waals surface area (Å²) < 4.78 is 0. The summed E-state index contributed by atoms with van der Waals surface area (Å²) in [7, 11) is 0. The van der Waals surface area contributed by atoms with Crippen LogP contribution in [0.4, 0.5) is 0 Å². The largest absolute Gasteiger partial charge is 0.349 e. The van der Waals surface area contributed by atoms with Gasteiger partial charge in [-0.25, -0.2) is 4.98 Å². The number of imidazole rings is 1. The smallest absolute Gasteiger partial charge is 0.107 e. The molecular weight excluding hydrogens is 252 g/mol. The molecule has 1 aromatic carbocycles. The SMILES string of the molecule is Cc1cccc(C(Br)Cc2ncc[nH]2)c1. The van der Waals surface area contributed by atoms with Crippen LogP contribution in [-0.2, 0) is 6.42 Å². The third-order valence-corrected chi connectivity index (χ3v) is 3.18. The fourth-order valence-corrected chi connectivity index (χ4v) is 2.15. The van der Waals surface area contributed by atoms with Crippen LogP contribution in [0.3, 0.4) is 0 Å². The van der Waals surface area contributed by atoms with Gasteiger partial charge in [-0.1, -0.05) is 45.8 Å². The summed E-state index contributed by atoms with van der Waals surface area (Å²) in [5, 5.41) is 0. The first-order valence-electron chi connectivity index (χ1n) is 4.94. The molecule has 0 spiro atoms. The van der Waals surface area contributed by atoms with Crippen molar-refractivity contribution in [1.29, 1.82) is 0 Å². The van der Waals surface area contributed by atoms with Gasteiger partial charge in [-0.3, -0.25) is 0 Å². The minimum atomic E-state index is 0.323. The highest BCUT2D eigenvalue weighted by molar-refractivity contribution is 9.09. The van der Waals surface area contributed by atoms with E-state index in [-0.39, 0.29) is 0 Å². The molecule has 1 heterocycles. The second-order valence-corrected chi connectivity index (χ2v) is 4.73. The van der Waals surface area contributed by atoms with E-state index in [0.717, 1.165) is 12.2 Å². The van der Waals surface area contributed by atoms with Crippen molar-refractivity contribution in [2.45, 2.75) is 18.2 Å². The first-order valence-corrected chi connectivity index (χ1v) is 5.86. The van der Waals surface area contributed by atoms with Crippen molar-refractivity contribution in [3.05, 3.63) is 53.6 Å². The number of halogens is 1. The van der Waals surface area contributed by atoms with Gasteiger partial charge in [0.2, 0.25) is 0 Å². The topological polar surface area (TPSA) is 28.7 Å². The van der Waals surface area contributed by atoms with Gasteiger partial charge < -0.3 is 4.98 Å². The van der Waals surface area contributed by atoms with Gasteiger partial charge in [-0.2, -0.15) is 0 Å². The van der Waals surface area contributed by atoms with E-state index in [1.54, 1.807) is 6.20 Å². The zero-order valence-corrected chi connectivity index (χ0v) is 10.2. The molecule has 78 valence electrons. The predicted molar refractivity (Wildman–Crippen MR) is 65.1 cm³/mol. The molecule has 1 N–H and O–H groups in total. The van der Waals surface area contributed by atoms with E-state index in [4.69, 9.17) is 0 Å². The van der Waals surface area contributed by atoms with Gasteiger partial charge in [-0.05, 0) is 12.5 Å². The Morgan fingerprint density at radius 2 is 2.33 bits per heavy atom. The summed E-state index contributed by atoms with van der Waals surface area (Å²) in [4.78, 5) is 7.65. The van der Waals surface area contributed by atoms with Crippen LogP contribution in [0.2, 0.25) is 0 Å². The maximum absolute atomic E-state index is 4.22. The summed E-state index contributed by atoms with van der Waals surface area (Å²) in [6.45, 7) is 2.11. The van der Waals surface area contributed by atoms with E-state index in [1.807, 2.05) is 6.20 Å². The molecule has 0 amide bonds. The second kappa shape index (κ2) is 4.62. The van der Waals surface area contributed by atoms with Crippen molar-refractivity contribution in [1.82, 2.24) is 9.97 Å². The van der Waals surface area contributed by atoms with Crippen LogP contribution in [0.5, 0.6) is 0 Å². The van der Waals surface area contributed by atoms with Gasteiger partial charge in [0.1, 0.15) is 5.82 Å². The number of nitrogens with one attached hydrogen (secondary N) is 1. The van der Waals surface area contributed by atoms with Gasteiger partial charge in [0.15, 0.2) is 0 Å². The molecule has 0 aliphatic heterocycles. The van der Waals surface area contributed by atoms with E-state index in [9.17, 15) is 0 Å². The number of nitrogens with zero attached hydrogens (tertiary/aromatic N) is 1. The van der Waals surface area contributed by atoms with Crippen LogP contribution >= 0.6 is 15.9 Å². The number of benzene rings is 1. The standard InChI is InChI=1S/C12H13BrN2/c1-9-3-2-4-10(7-9)11(13)8-12-14-5-6-15-12/h2-7,11H,8H2,1H3,(H,14,15). The first kappa shape index (κ1) is 10.4. The van der Waals surface area contributed by atoms with Crippen LogP contribution in [0.25, 0.3) is 0 Å². The lowest BCUT2D eigenvalue weighted by Gasteiger charge is -2.09. The highest BCUT2D eigenvalue weighted by Crippen LogP contribution is 2.26. The minimum Gasteiger partial charge on any atom is -0.349 e. The number of hydrogen-bond donors (Lipinski definition) is 1. The van der Waals surface area contributed by atoms with Gasteiger partial charge in [0.05, 0.1) is 0 Å². The molecule has 1 aromatic heterocycles. The fourth-order valence-electron chi connectivity index (χ4n) is 1.56. The predicted octanol–water partition coefficient (Wildman–Crippen LogP) is 3.40. The zero-order valence-electron chi connectivity index (χ0n) is 8.57. The highest BCUT2D eigenvalue weighted by atomic mass is 79.9. The van der Waals surface area contributed by atoms with Gasteiger partial charge in [0, 0.05) is 23.6 Å². The Hall–Kier alpha value is -1.09. The Bertz CT molecular complexity index is 423. The van der Waals surface area contributed by atoms with E-state index in [2.05, 4.69) is 57.1 Å². The molecule has 0 bridgehead atoms. The molecule has 15 heavy (non-hydrogen) atoms. The summed E-state index contributed by atoms with van der Waals surface area (Å²) in [6.07, 6.45) is 4.52. The van der Waals surface area contributed by atoms with Gasteiger partial charge in [0.25, 0.3) is 0 Å². The number of aryl methyl sites for hydroxylation is 1. The molecule has 2 aromatic rings. The quantitative estimate of drug-likeness (QED) is 0.846. The van der Waals surface area contributed by atoms with Crippen LogP contribution in [0, 0.1) is 6.92 Å². The third kappa shape index (κ3) is 2.69. The fraction of sp³-hybridized carbons (Fsp3) is 0.250. The maximum Gasteiger partial charge on any atom is 0.107 e. The number of H-pyrrole nitrogens is 1. The van der Waals surface area contributed by atoms with E-state index < -0.39 is 0 Å². The first-order chi connectivity index (χ1) is 7.25. The van der Waals surface area contributed by atoms with Crippen molar-refractivity contribution in [2.75, 3.05) is 0 Å². The molecule has 0 aliphatic carbocycles. The Morgan fingerprint density at radius 1 is 1.47 bits per heavy atom. The second-order valence-electron chi connectivity index (χ2n) is 3.62. The number of aromatic nitrogens is 2. The molecule has 2 nitrogen and oxygen atoms in total. The number of hydrogen-bond acceptors (Lipinski definition) is 1. The average Bonchev–Trinajstić information content (AvgIpc) is 2.70. The Labute approximate surface area is 97.9 Å². The number of alkyl halides is 1. The molecule has 1 atom stereocenters. The van der Waals surface area contributed by atoms with Crippen LogP contribution in [-0.4, -0.2) is 9.97 Å². The summed E-state index contributed by atoms with van der Waals surface area (Å²) in [6, 6.07) is 8.52. The molecule has 1 unspecified atom stereocenters. The van der Waals surface area contributed by atoms with E-state index >= 15 is 0 Å². The van der Waals surface area contributed by atoms with Crippen molar-refractivity contribution >= 4 is 15.9 Å². The summed E-state index contributed by atoms with van der Waals surface area (Å²) >= 11 is 3.68. The molecule has 0 aliphatic rings. The van der Waals surface area contributed by atoms with Crippen molar-refractivity contribution in [3.8, 4) is 0 Å². The van der Waals surface area contributed by atoms with Crippen molar-refractivity contribution in [3.63, 3.8) is 0 Å². The highest BCUT2D eigenvalue weighted by Gasteiger charge is 2.09. The minimum absolute atomic E-state index is 0.323. The zero-order chi connectivity index (χ0) is 10.7. The molecule has 0 saturated carbocycles. The molecule has 3 heteroatoms. The van der Waals surface area contributed by atoms with Crippen molar-refractivity contribution < 1.29 is 0 Å². The van der Waals surface area contributed by atoms with Crippen LogP contribution in [0.1, 0.15) is 21.8 Å². The normalized spacial score (nSPS) is 12.7. The molecule has 0 fully saturated rings. The maximum atomic E-state index is 4.22. The molecule has 0 saturated heterocycles. The van der Waals surface area contributed by atoms with Crippen LogP contribution in [0.15, 0.2) is 36.7 Å². The number of aromatic amines is 1. The van der Waals surface area contributed by atoms with E-state index in [0.29, 0.717) is 4.83 Å². The monoisotopic (exact) mass is 264 g/mol.